The Labute approximate surface area is 147 Å². The average Bonchev–Trinajstić information content (AvgIpc) is 3.04. The van der Waals surface area contributed by atoms with Crippen LogP contribution in [0.4, 0.5) is 11.5 Å². The molecule has 0 bridgehead atoms. The summed E-state index contributed by atoms with van der Waals surface area (Å²) >= 11 is 0. The molecule has 2 N–H and O–H groups in total. The summed E-state index contributed by atoms with van der Waals surface area (Å²) in [6, 6.07) is 8.00. The zero-order valence-electron chi connectivity index (χ0n) is 14.7. The summed E-state index contributed by atoms with van der Waals surface area (Å²) in [5.74, 6) is 1.77. The maximum absolute atomic E-state index is 5.82. The number of rotatable bonds is 3. The van der Waals surface area contributed by atoms with Crippen LogP contribution in [0.15, 0.2) is 30.6 Å². The number of morpholine rings is 1. The molecule has 1 saturated heterocycles. The Balaban J connectivity index is 1.63. The molecule has 7 nitrogen and oxygen atoms in total. The van der Waals surface area contributed by atoms with Crippen LogP contribution < -0.4 is 20.5 Å². The van der Waals surface area contributed by atoms with Crippen molar-refractivity contribution in [3.05, 3.63) is 41.9 Å². The lowest BCUT2D eigenvalue weighted by atomic mass is 10.0. The largest absolute Gasteiger partial charge is 0.497 e. The SMILES string of the molecule is COc1ccc2c(c1)C(c1cc(N3C[C@@H](C)O[C@@H](C)C3)ncn1)NN2. The molecule has 4 rings (SSSR count). The van der Waals surface area contributed by atoms with Gasteiger partial charge in [-0.25, -0.2) is 15.4 Å². The van der Waals surface area contributed by atoms with E-state index in [0.717, 1.165) is 41.6 Å². The number of fused-ring (bicyclic) bond motifs is 1. The van der Waals surface area contributed by atoms with Gasteiger partial charge in [0.15, 0.2) is 0 Å². The molecule has 0 saturated carbocycles. The molecule has 132 valence electrons. The maximum Gasteiger partial charge on any atom is 0.132 e. The second kappa shape index (κ2) is 6.50. The summed E-state index contributed by atoms with van der Waals surface area (Å²) in [4.78, 5) is 11.2. The van der Waals surface area contributed by atoms with Crippen LogP contribution in [0.2, 0.25) is 0 Å². The zero-order chi connectivity index (χ0) is 17.4. The average molecular weight is 341 g/mol. The summed E-state index contributed by atoms with van der Waals surface area (Å²) in [6.45, 7) is 5.86. The molecule has 0 radical (unpaired) electrons. The molecule has 3 atom stereocenters. The third kappa shape index (κ3) is 3.12. The molecule has 7 heteroatoms. The first-order valence-corrected chi connectivity index (χ1v) is 8.56. The third-order valence-corrected chi connectivity index (χ3v) is 4.63. The molecule has 1 fully saturated rings. The number of ether oxygens (including phenoxy) is 2. The van der Waals surface area contributed by atoms with E-state index in [-0.39, 0.29) is 18.2 Å². The molecule has 2 aliphatic rings. The molecule has 0 aliphatic carbocycles. The first-order chi connectivity index (χ1) is 12.1. The number of nitrogens with zero attached hydrogens (tertiary/aromatic N) is 3. The Bertz CT molecular complexity index is 759. The molecule has 0 spiro atoms. The van der Waals surface area contributed by atoms with Crippen LogP contribution >= 0.6 is 0 Å². The highest BCUT2D eigenvalue weighted by molar-refractivity contribution is 5.60. The quantitative estimate of drug-likeness (QED) is 0.886. The van der Waals surface area contributed by atoms with E-state index in [1.807, 2.05) is 18.2 Å². The fraction of sp³-hybridized carbons (Fsp3) is 0.444. The van der Waals surface area contributed by atoms with Gasteiger partial charge in [-0.2, -0.15) is 0 Å². The van der Waals surface area contributed by atoms with Crippen LogP contribution in [-0.4, -0.2) is 42.4 Å². The minimum Gasteiger partial charge on any atom is -0.497 e. The molecule has 2 aromatic rings. The first-order valence-electron chi connectivity index (χ1n) is 8.56. The van der Waals surface area contributed by atoms with Gasteiger partial charge < -0.3 is 19.8 Å². The third-order valence-electron chi connectivity index (χ3n) is 4.63. The summed E-state index contributed by atoms with van der Waals surface area (Å²) < 4.78 is 11.2. The lowest BCUT2D eigenvalue weighted by molar-refractivity contribution is -0.00547. The topological polar surface area (TPSA) is 71.5 Å². The number of anilines is 2. The van der Waals surface area contributed by atoms with Crippen LogP contribution in [0.1, 0.15) is 31.1 Å². The van der Waals surface area contributed by atoms with Crippen LogP contribution in [0.5, 0.6) is 5.75 Å². The van der Waals surface area contributed by atoms with Crippen molar-refractivity contribution in [3.8, 4) is 5.75 Å². The molecule has 0 amide bonds. The Morgan fingerprint density at radius 1 is 1.16 bits per heavy atom. The van der Waals surface area contributed by atoms with Crippen molar-refractivity contribution in [1.82, 2.24) is 15.4 Å². The van der Waals surface area contributed by atoms with Gasteiger partial charge in [-0.15, -0.1) is 0 Å². The lowest BCUT2D eigenvalue weighted by Crippen LogP contribution is -2.45. The smallest absolute Gasteiger partial charge is 0.132 e. The molecular formula is C18H23N5O2. The maximum atomic E-state index is 5.82. The molecule has 3 heterocycles. The molecule has 2 aliphatic heterocycles. The minimum atomic E-state index is -0.0391. The summed E-state index contributed by atoms with van der Waals surface area (Å²) in [7, 11) is 1.68. The highest BCUT2D eigenvalue weighted by Gasteiger charge is 2.27. The normalized spacial score (nSPS) is 25.4. The Hall–Kier alpha value is -2.38. The Morgan fingerprint density at radius 2 is 1.96 bits per heavy atom. The van der Waals surface area contributed by atoms with Gasteiger partial charge in [0, 0.05) is 24.7 Å². The van der Waals surface area contributed by atoms with E-state index in [2.05, 4.69) is 45.6 Å². The van der Waals surface area contributed by atoms with Crippen molar-refractivity contribution in [2.45, 2.75) is 32.1 Å². The summed E-state index contributed by atoms with van der Waals surface area (Å²) in [6.07, 6.45) is 2.02. The highest BCUT2D eigenvalue weighted by atomic mass is 16.5. The van der Waals surface area contributed by atoms with E-state index in [9.17, 15) is 0 Å². The molecule has 25 heavy (non-hydrogen) atoms. The number of hydrazine groups is 1. The number of methoxy groups -OCH3 is 1. The van der Waals surface area contributed by atoms with Gasteiger partial charge in [-0.3, -0.25) is 0 Å². The van der Waals surface area contributed by atoms with Gasteiger partial charge in [0.2, 0.25) is 0 Å². The van der Waals surface area contributed by atoms with Gasteiger partial charge in [-0.1, -0.05) is 0 Å². The van der Waals surface area contributed by atoms with Crippen molar-refractivity contribution < 1.29 is 9.47 Å². The number of benzene rings is 1. The Morgan fingerprint density at radius 3 is 2.72 bits per heavy atom. The fourth-order valence-electron chi connectivity index (χ4n) is 3.54. The summed E-state index contributed by atoms with van der Waals surface area (Å²) in [5, 5.41) is 0. The molecule has 1 unspecified atom stereocenters. The van der Waals surface area contributed by atoms with E-state index in [4.69, 9.17) is 9.47 Å². The monoisotopic (exact) mass is 341 g/mol. The van der Waals surface area contributed by atoms with Crippen molar-refractivity contribution in [2.24, 2.45) is 0 Å². The molecule has 1 aromatic heterocycles. The highest BCUT2D eigenvalue weighted by Crippen LogP contribution is 2.35. The Kier molecular flexibility index (Phi) is 4.19. The van der Waals surface area contributed by atoms with Crippen LogP contribution in [0, 0.1) is 0 Å². The van der Waals surface area contributed by atoms with E-state index in [1.165, 1.54) is 0 Å². The van der Waals surface area contributed by atoms with Crippen molar-refractivity contribution >= 4 is 11.5 Å². The minimum absolute atomic E-state index is 0.0391. The van der Waals surface area contributed by atoms with Gasteiger partial charge in [0.05, 0.1) is 36.7 Å². The van der Waals surface area contributed by atoms with Gasteiger partial charge in [0.25, 0.3) is 0 Å². The zero-order valence-corrected chi connectivity index (χ0v) is 14.7. The summed E-state index contributed by atoms with van der Waals surface area (Å²) in [5.41, 5.74) is 9.60. The second-order valence-electron chi connectivity index (χ2n) is 6.62. The van der Waals surface area contributed by atoms with Crippen molar-refractivity contribution in [1.29, 1.82) is 0 Å². The number of nitrogens with one attached hydrogen (secondary N) is 2. The van der Waals surface area contributed by atoms with Crippen molar-refractivity contribution in [3.63, 3.8) is 0 Å². The van der Waals surface area contributed by atoms with E-state index >= 15 is 0 Å². The standard InChI is InChI=1S/C18H23N5O2/c1-11-8-23(9-12(2)25-11)17-7-16(19-10-20-17)18-14-6-13(24-3)4-5-15(14)21-22-18/h4-7,10-12,18,21-22H,8-9H2,1-3H3/t11-,12+,18?. The predicted octanol–water partition coefficient (Wildman–Crippen LogP) is 2.12. The van der Waals surface area contributed by atoms with Crippen LogP contribution in [0.25, 0.3) is 0 Å². The fourth-order valence-corrected chi connectivity index (χ4v) is 3.54. The molecule has 1 aromatic carbocycles. The van der Waals surface area contributed by atoms with Gasteiger partial charge in [0.1, 0.15) is 17.9 Å². The van der Waals surface area contributed by atoms with E-state index in [0.29, 0.717) is 0 Å². The van der Waals surface area contributed by atoms with Gasteiger partial charge >= 0.3 is 0 Å². The molecular weight excluding hydrogens is 318 g/mol. The number of hydrogen-bond donors (Lipinski definition) is 2. The van der Waals surface area contributed by atoms with Gasteiger partial charge in [-0.05, 0) is 32.0 Å². The number of aromatic nitrogens is 2. The predicted molar refractivity (Wildman–Crippen MR) is 95.8 cm³/mol. The van der Waals surface area contributed by atoms with E-state index < -0.39 is 0 Å². The van der Waals surface area contributed by atoms with Crippen LogP contribution in [-0.2, 0) is 4.74 Å². The van der Waals surface area contributed by atoms with Crippen LogP contribution in [0.3, 0.4) is 0 Å². The lowest BCUT2D eigenvalue weighted by Gasteiger charge is -2.36. The van der Waals surface area contributed by atoms with Crippen molar-refractivity contribution in [2.75, 3.05) is 30.5 Å². The number of hydrogen-bond acceptors (Lipinski definition) is 7. The second-order valence-corrected chi connectivity index (χ2v) is 6.62. The van der Waals surface area contributed by atoms with E-state index in [1.54, 1.807) is 13.4 Å². The first kappa shape index (κ1) is 16.1.